The highest BCUT2D eigenvalue weighted by Crippen LogP contribution is 2.31. The molecular formula is C14H21NO3S. The molecule has 0 heterocycles. The number of nitrogens with one attached hydrogen (secondary N) is 1. The summed E-state index contributed by atoms with van der Waals surface area (Å²) < 4.78 is 26.6. The van der Waals surface area contributed by atoms with Crippen LogP contribution in [0, 0.1) is 0 Å². The minimum absolute atomic E-state index is 0.0985. The van der Waals surface area contributed by atoms with Crippen molar-refractivity contribution in [3.63, 3.8) is 0 Å². The Morgan fingerprint density at radius 1 is 1.26 bits per heavy atom. The van der Waals surface area contributed by atoms with Crippen LogP contribution >= 0.6 is 0 Å². The van der Waals surface area contributed by atoms with Crippen LogP contribution in [0.2, 0.25) is 0 Å². The zero-order chi connectivity index (χ0) is 14.1. The van der Waals surface area contributed by atoms with E-state index in [0.29, 0.717) is 18.8 Å². The molecule has 0 unspecified atom stereocenters. The van der Waals surface area contributed by atoms with E-state index in [0.717, 1.165) is 12.0 Å². The maximum atomic E-state index is 12.1. The van der Waals surface area contributed by atoms with Gasteiger partial charge < -0.3 is 5.11 Å². The van der Waals surface area contributed by atoms with Crippen LogP contribution < -0.4 is 4.72 Å². The molecule has 0 saturated heterocycles. The van der Waals surface area contributed by atoms with E-state index < -0.39 is 15.6 Å². The summed E-state index contributed by atoms with van der Waals surface area (Å²) in [4.78, 5) is 0.250. The van der Waals surface area contributed by atoms with Gasteiger partial charge in [-0.05, 0) is 42.9 Å². The summed E-state index contributed by atoms with van der Waals surface area (Å²) in [6, 6.07) is 6.89. The molecule has 1 aromatic carbocycles. The lowest BCUT2D eigenvalue weighted by Gasteiger charge is -2.36. The molecule has 0 radical (unpaired) electrons. The van der Waals surface area contributed by atoms with Gasteiger partial charge in [-0.25, -0.2) is 13.1 Å². The first kappa shape index (κ1) is 14.5. The molecule has 1 aliphatic rings. The molecule has 2 N–H and O–H groups in total. The van der Waals surface area contributed by atoms with Crippen molar-refractivity contribution in [3.05, 3.63) is 29.8 Å². The van der Waals surface area contributed by atoms with Gasteiger partial charge in [-0.1, -0.05) is 26.0 Å². The third-order valence-electron chi connectivity index (χ3n) is 3.73. The van der Waals surface area contributed by atoms with Gasteiger partial charge in [0.2, 0.25) is 10.0 Å². The minimum Gasteiger partial charge on any atom is -0.389 e. The third kappa shape index (κ3) is 3.35. The van der Waals surface area contributed by atoms with Crippen molar-refractivity contribution in [2.75, 3.05) is 6.54 Å². The summed E-state index contributed by atoms with van der Waals surface area (Å²) in [5.41, 5.74) is 0.266. The van der Waals surface area contributed by atoms with Crippen molar-refractivity contribution in [3.8, 4) is 0 Å². The van der Waals surface area contributed by atoms with Crippen LogP contribution in [-0.4, -0.2) is 25.7 Å². The van der Waals surface area contributed by atoms with E-state index in [-0.39, 0.29) is 11.4 Å². The standard InChI is InChI=1S/C14H21NO3S/c1-11(2)12-4-6-13(7-5-12)19(17,18)15-10-14(16)8-3-9-14/h4-7,11,15-16H,3,8-10H2,1-2H3. The highest BCUT2D eigenvalue weighted by molar-refractivity contribution is 7.89. The predicted octanol–water partition coefficient (Wildman–Crippen LogP) is 2.00. The van der Waals surface area contributed by atoms with Crippen LogP contribution in [0.4, 0.5) is 0 Å². The molecule has 1 saturated carbocycles. The topological polar surface area (TPSA) is 66.4 Å². The Kier molecular flexibility index (Phi) is 3.99. The summed E-state index contributed by atoms with van der Waals surface area (Å²) in [5, 5.41) is 9.91. The van der Waals surface area contributed by atoms with E-state index in [4.69, 9.17) is 0 Å². The number of hydrogen-bond donors (Lipinski definition) is 2. The number of aliphatic hydroxyl groups is 1. The highest BCUT2D eigenvalue weighted by Gasteiger charge is 2.35. The zero-order valence-electron chi connectivity index (χ0n) is 11.4. The molecule has 4 nitrogen and oxygen atoms in total. The average molecular weight is 283 g/mol. The zero-order valence-corrected chi connectivity index (χ0v) is 12.2. The van der Waals surface area contributed by atoms with Gasteiger partial charge in [0, 0.05) is 6.54 Å². The molecule has 0 atom stereocenters. The minimum atomic E-state index is -3.52. The van der Waals surface area contributed by atoms with Gasteiger partial charge in [0.1, 0.15) is 0 Å². The van der Waals surface area contributed by atoms with E-state index >= 15 is 0 Å². The normalized spacial score (nSPS) is 18.3. The van der Waals surface area contributed by atoms with Crippen molar-refractivity contribution in [1.29, 1.82) is 0 Å². The van der Waals surface area contributed by atoms with E-state index in [1.54, 1.807) is 12.1 Å². The van der Waals surface area contributed by atoms with Crippen molar-refractivity contribution >= 4 is 10.0 Å². The quantitative estimate of drug-likeness (QED) is 0.868. The second-order valence-electron chi connectivity index (χ2n) is 5.63. The molecule has 1 fully saturated rings. The van der Waals surface area contributed by atoms with E-state index in [2.05, 4.69) is 18.6 Å². The number of hydrogen-bond acceptors (Lipinski definition) is 3. The number of rotatable bonds is 5. The maximum absolute atomic E-state index is 12.1. The third-order valence-corrected chi connectivity index (χ3v) is 5.15. The van der Waals surface area contributed by atoms with Gasteiger partial charge in [-0.3, -0.25) is 0 Å². The summed E-state index contributed by atoms with van der Waals surface area (Å²) in [7, 11) is -3.52. The Morgan fingerprint density at radius 2 is 1.84 bits per heavy atom. The molecule has 19 heavy (non-hydrogen) atoms. The largest absolute Gasteiger partial charge is 0.389 e. The molecule has 1 aliphatic carbocycles. The SMILES string of the molecule is CC(C)c1ccc(S(=O)(=O)NCC2(O)CCC2)cc1. The molecule has 106 valence electrons. The van der Waals surface area contributed by atoms with Crippen LogP contribution in [0.15, 0.2) is 29.2 Å². The van der Waals surface area contributed by atoms with Crippen molar-refractivity contribution in [2.24, 2.45) is 0 Å². The van der Waals surface area contributed by atoms with Gasteiger partial charge in [-0.2, -0.15) is 0 Å². The van der Waals surface area contributed by atoms with Gasteiger partial charge in [0.15, 0.2) is 0 Å². The fourth-order valence-electron chi connectivity index (χ4n) is 2.11. The molecule has 2 rings (SSSR count). The van der Waals surface area contributed by atoms with E-state index in [9.17, 15) is 13.5 Å². The summed E-state index contributed by atoms with van der Waals surface area (Å²) >= 11 is 0. The Bertz CT molecular complexity index is 530. The first-order chi connectivity index (χ1) is 8.82. The molecule has 0 spiro atoms. The molecule has 0 aromatic heterocycles. The highest BCUT2D eigenvalue weighted by atomic mass is 32.2. The second-order valence-corrected chi connectivity index (χ2v) is 7.39. The van der Waals surface area contributed by atoms with Crippen molar-refractivity contribution < 1.29 is 13.5 Å². The van der Waals surface area contributed by atoms with Gasteiger partial charge >= 0.3 is 0 Å². The Morgan fingerprint density at radius 3 is 2.26 bits per heavy atom. The maximum Gasteiger partial charge on any atom is 0.240 e. The van der Waals surface area contributed by atoms with Gasteiger partial charge in [-0.15, -0.1) is 0 Å². The van der Waals surface area contributed by atoms with Crippen LogP contribution in [0.1, 0.15) is 44.6 Å². The van der Waals surface area contributed by atoms with Crippen molar-refractivity contribution in [1.82, 2.24) is 4.72 Å². The molecule has 0 aliphatic heterocycles. The smallest absolute Gasteiger partial charge is 0.240 e. The second kappa shape index (κ2) is 5.23. The van der Waals surface area contributed by atoms with E-state index in [1.807, 2.05) is 12.1 Å². The lowest BCUT2D eigenvalue weighted by atomic mass is 9.81. The fourth-order valence-corrected chi connectivity index (χ4v) is 3.23. The van der Waals surface area contributed by atoms with Crippen LogP contribution in [0.25, 0.3) is 0 Å². The summed E-state index contributed by atoms with van der Waals surface area (Å²) in [5.74, 6) is 0.375. The molecule has 0 bridgehead atoms. The Balaban J connectivity index is 2.06. The molecule has 1 aromatic rings. The van der Waals surface area contributed by atoms with Crippen LogP contribution in [-0.2, 0) is 10.0 Å². The molecule has 0 amide bonds. The van der Waals surface area contributed by atoms with E-state index in [1.165, 1.54) is 0 Å². The van der Waals surface area contributed by atoms with Crippen molar-refractivity contribution in [2.45, 2.75) is 49.5 Å². The number of benzene rings is 1. The van der Waals surface area contributed by atoms with Crippen LogP contribution in [0.5, 0.6) is 0 Å². The van der Waals surface area contributed by atoms with Crippen LogP contribution in [0.3, 0.4) is 0 Å². The Labute approximate surface area is 114 Å². The lowest BCUT2D eigenvalue weighted by molar-refractivity contribution is -0.0270. The lowest BCUT2D eigenvalue weighted by Crippen LogP contribution is -2.47. The van der Waals surface area contributed by atoms with Gasteiger partial charge in [0.25, 0.3) is 0 Å². The average Bonchev–Trinajstić information content (AvgIpc) is 2.34. The fraction of sp³-hybridized carbons (Fsp3) is 0.571. The summed E-state index contributed by atoms with van der Waals surface area (Å²) in [6.45, 7) is 4.23. The Hall–Kier alpha value is -0.910. The summed E-state index contributed by atoms with van der Waals surface area (Å²) in [6.07, 6.45) is 2.30. The monoisotopic (exact) mass is 283 g/mol. The first-order valence-electron chi connectivity index (χ1n) is 6.64. The predicted molar refractivity (Wildman–Crippen MR) is 74.5 cm³/mol. The molecular weight excluding hydrogens is 262 g/mol. The van der Waals surface area contributed by atoms with Gasteiger partial charge in [0.05, 0.1) is 10.5 Å². The molecule has 5 heteroatoms. The number of sulfonamides is 1. The first-order valence-corrected chi connectivity index (χ1v) is 8.13.